The number of benzene rings is 1. The van der Waals surface area contributed by atoms with Gasteiger partial charge in [0, 0.05) is 18.8 Å². The number of rotatable bonds is 4. The number of amides is 1. The van der Waals surface area contributed by atoms with E-state index in [9.17, 15) is 4.79 Å². The lowest BCUT2D eigenvalue weighted by Crippen LogP contribution is -2.43. The van der Waals surface area contributed by atoms with E-state index in [1.165, 1.54) is 0 Å². The number of hydrogen-bond donors (Lipinski definition) is 2. The Balaban J connectivity index is 1.72. The molecule has 1 aromatic carbocycles. The molecule has 3 rings (SSSR count). The van der Waals surface area contributed by atoms with Crippen LogP contribution >= 0.6 is 0 Å². The van der Waals surface area contributed by atoms with Gasteiger partial charge in [0.05, 0.1) is 19.3 Å². The first-order chi connectivity index (χ1) is 10.2. The summed E-state index contributed by atoms with van der Waals surface area (Å²) in [7, 11) is 1.61. The van der Waals surface area contributed by atoms with E-state index in [4.69, 9.17) is 4.74 Å². The Morgan fingerprint density at radius 1 is 1.48 bits per heavy atom. The second kappa shape index (κ2) is 5.53. The number of anilines is 1. The number of carbonyl (C=O) groups excluding carboxylic acids is 1. The second-order valence-corrected chi connectivity index (χ2v) is 5.03. The molecule has 0 radical (unpaired) electrons. The predicted molar refractivity (Wildman–Crippen MR) is 77.6 cm³/mol. The third-order valence-electron chi connectivity index (χ3n) is 3.56. The van der Waals surface area contributed by atoms with Crippen LogP contribution in [0, 0.1) is 6.92 Å². The molecule has 0 spiro atoms. The van der Waals surface area contributed by atoms with Crippen molar-refractivity contribution in [2.24, 2.45) is 0 Å². The number of nitrogens with zero attached hydrogens (tertiary/aromatic N) is 3. The van der Waals surface area contributed by atoms with Crippen LogP contribution in [-0.2, 0) is 0 Å². The molecule has 21 heavy (non-hydrogen) atoms. The first kappa shape index (κ1) is 13.6. The molecule has 1 aliphatic heterocycles. The van der Waals surface area contributed by atoms with Gasteiger partial charge in [0.15, 0.2) is 5.69 Å². The van der Waals surface area contributed by atoms with Gasteiger partial charge in [0.25, 0.3) is 5.91 Å². The van der Waals surface area contributed by atoms with E-state index in [1.807, 2.05) is 19.1 Å². The topological polar surface area (TPSA) is 81.1 Å². The molecular formula is C14H17N5O2. The Kier molecular flexibility index (Phi) is 3.57. The van der Waals surface area contributed by atoms with Gasteiger partial charge in [-0.15, -0.1) is 5.10 Å². The summed E-state index contributed by atoms with van der Waals surface area (Å²) < 4.78 is 6.87. The molecule has 0 atom stereocenters. The summed E-state index contributed by atoms with van der Waals surface area (Å²) >= 11 is 0. The molecule has 0 saturated carbocycles. The van der Waals surface area contributed by atoms with Crippen LogP contribution in [0.1, 0.15) is 22.1 Å². The Labute approximate surface area is 122 Å². The number of nitrogens with one attached hydrogen (secondary N) is 2. The highest BCUT2D eigenvalue weighted by molar-refractivity contribution is 6.03. The molecule has 2 heterocycles. The zero-order valence-corrected chi connectivity index (χ0v) is 12.0. The molecular weight excluding hydrogens is 270 g/mol. The summed E-state index contributed by atoms with van der Waals surface area (Å²) in [5.74, 6) is 0.496. The number of aromatic nitrogens is 3. The molecule has 2 aromatic rings. The maximum atomic E-state index is 12.2. The minimum Gasteiger partial charge on any atom is -0.497 e. The summed E-state index contributed by atoms with van der Waals surface area (Å²) in [6.45, 7) is 3.64. The van der Waals surface area contributed by atoms with Gasteiger partial charge in [-0.05, 0) is 30.7 Å². The van der Waals surface area contributed by atoms with Gasteiger partial charge in [0.2, 0.25) is 0 Å². The van der Waals surface area contributed by atoms with Crippen molar-refractivity contribution in [3.05, 3.63) is 35.7 Å². The smallest absolute Gasteiger partial charge is 0.277 e. The number of methoxy groups -OCH3 is 1. The lowest BCUT2D eigenvalue weighted by molar-refractivity contribution is 0.102. The number of aryl methyl sites for hydroxylation is 1. The van der Waals surface area contributed by atoms with Crippen molar-refractivity contribution in [3.63, 3.8) is 0 Å². The summed E-state index contributed by atoms with van der Waals surface area (Å²) in [4.78, 5) is 12.2. The second-order valence-electron chi connectivity index (χ2n) is 5.03. The first-order valence-corrected chi connectivity index (χ1v) is 6.76. The van der Waals surface area contributed by atoms with E-state index in [0.717, 1.165) is 30.1 Å². The zero-order chi connectivity index (χ0) is 14.8. The molecule has 1 saturated heterocycles. The van der Waals surface area contributed by atoms with E-state index in [0.29, 0.717) is 11.7 Å². The minimum absolute atomic E-state index is 0.262. The highest BCUT2D eigenvalue weighted by atomic mass is 16.5. The van der Waals surface area contributed by atoms with Crippen molar-refractivity contribution in [2.45, 2.75) is 13.0 Å². The average molecular weight is 287 g/mol. The van der Waals surface area contributed by atoms with Crippen molar-refractivity contribution in [2.75, 3.05) is 25.5 Å². The van der Waals surface area contributed by atoms with E-state index in [1.54, 1.807) is 24.1 Å². The van der Waals surface area contributed by atoms with Gasteiger partial charge in [-0.2, -0.15) is 0 Å². The maximum absolute atomic E-state index is 12.2. The SMILES string of the molecule is COc1ccc(NC(=O)c2cn(C3CNC3)nn2)c(C)c1. The molecule has 1 amide bonds. The van der Waals surface area contributed by atoms with Crippen LogP contribution in [0.3, 0.4) is 0 Å². The molecule has 0 unspecified atom stereocenters. The standard InChI is InChI=1S/C14H17N5O2/c1-9-5-11(21-2)3-4-12(9)16-14(20)13-8-19(18-17-13)10-6-15-7-10/h3-5,8,10,15H,6-7H2,1-2H3,(H,16,20). The molecule has 110 valence electrons. The van der Waals surface area contributed by atoms with Gasteiger partial charge >= 0.3 is 0 Å². The highest BCUT2D eigenvalue weighted by Gasteiger charge is 2.21. The van der Waals surface area contributed by atoms with Crippen LogP contribution in [-0.4, -0.2) is 41.1 Å². The van der Waals surface area contributed by atoms with Crippen molar-refractivity contribution >= 4 is 11.6 Å². The van der Waals surface area contributed by atoms with Crippen LogP contribution in [0.5, 0.6) is 5.75 Å². The van der Waals surface area contributed by atoms with Gasteiger partial charge < -0.3 is 15.4 Å². The largest absolute Gasteiger partial charge is 0.497 e. The van der Waals surface area contributed by atoms with Crippen LogP contribution in [0.15, 0.2) is 24.4 Å². The van der Waals surface area contributed by atoms with Crippen molar-refractivity contribution < 1.29 is 9.53 Å². The summed E-state index contributed by atoms with van der Waals surface area (Å²) in [6, 6.07) is 5.78. The third-order valence-corrected chi connectivity index (χ3v) is 3.56. The number of hydrogen-bond acceptors (Lipinski definition) is 5. The normalized spacial score (nSPS) is 14.6. The lowest BCUT2D eigenvalue weighted by atomic mass is 10.2. The van der Waals surface area contributed by atoms with E-state index >= 15 is 0 Å². The monoisotopic (exact) mass is 287 g/mol. The minimum atomic E-state index is -0.262. The van der Waals surface area contributed by atoms with Gasteiger partial charge in [-0.25, -0.2) is 4.68 Å². The van der Waals surface area contributed by atoms with Gasteiger partial charge in [-0.1, -0.05) is 5.21 Å². The molecule has 0 bridgehead atoms. The fourth-order valence-electron chi connectivity index (χ4n) is 2.11. The maximum Gasteiger partial charge on any atom is 0.277 e. The third kappa shape index (κ3) is 2.73. The highest BCUT2D eigenvalue weighted by Crippen LogP contribution is 2.21. The van der Waals surface area contributed by atoms with Gasteiger partial charge in [0.1, 0.15) is 5.75 Å². The Morgan fingerprint density at radius 3 is 2.90 bits per heavy atom. The predicted octanol–water partition coefficient (Wildman–Crippen LogP) is 0.992. The molecule has 0 aliphatic carbocycles. The zero-order valence-electron chi connectivity index (χ0n) is 12.0. The number of carbonyl (C=O) groups is 1. The van der Waals surface area contributed by atoms with Crippen LogP contribution in [0.2, 0.25) is 0 Å². The van der Waals surface area contributed by atoms with Crippen LogP contribution in [0.4, 0.5) is 5.69 Å². The molecule has 1 aromatic heterocycles. The molecule has 1 aliphatic rings. The fraction of sp³-hybridized carbons (Fsp3) is 0.357. The van der Waals surface area contributed by atoms with Crippen LogP contribution in [0.25, 0.3) is 0 Å². The molecule has 7 heteroatoms. The van der Waals surface area contributed by atoms with Crippen molar-refractivity contribution in [1.82, 2.24) is 20.3 Å². The van der Waals surface area contributed by atoms with E-state index < -0.39 is 0 Å². The van der Waals surface area contributed by atoms with Crippen molar-refractivity contribution in [3.8, 4) is 5.75 Å². The lowest BCUT2D eigenvalue weighted by Gasteiger charge is -2.26. The van der Waals surface area contributed by atoms with E-state index in [2.05, 4.69) is 20.9 Å². The average Bonchev–Trinajstić information content (AvgIpc) is 2.88. The molecule has 7 nitrogen and oxygen atoms in total. The first-order valence-electron chi connectivity index (χ1n) is 6.76. The Bertz CT molecular complexity index is 663. The molecule has 1 fully saturated rings. The Morgan fingerprint density at radius 2 is 2.29 bits per heavy atom. The van der Waals surface area contributed by atoms with E-state index in [-0.39, 0.29) is 5.91 Å². The quantitative estimate of drug-likeness (QED) is 0.876. The fourth-order valence-corrected chi connectivity index (χ4v) is 2.11. The molecule has 2 N–H and O–H groups in total. The Hall–Kier alpha value is -2.41. The summed E-state index contributed by atoms with van der Waals surface area (Å²) in [5.41, 5.74) is 1.98. The number of ether oxygens (including phenoxy) is 1. The van der Waals surface area contributed by atoms with Crippen molar-refractivity contribution in [1.29, 1.82) is 0 Å². The van der Waals surface area contributed by atoms with Crippen LogP contribution < -0.4 is 15.4 Å². The summed E-state index contributed by atoms with van der Waals surface area (Å²) in [6.07, 6.45) is 1.68. The summed E-state index contributed by atoms with van der Waals surface area (Å²) in [5, 5.41) is 13.9. The van der Waals surface area contributed by atoms with Gasteiger partial charge in [-0.3, -0.25) is 4.79 Å².